The van der Waals surface area contributed by atoms with E-state index in [2.05, 4.69) is 4.90 Å². The summed E-state index contributed by atoms with van der Waals surface area (Å²) in [6.45, 7) is 1.71. The van der Waals surface area contributed by atoms with Crippen molar-refractivity contribution < 1.29 is 36.5 Å². The second-order valence-corrected chi connectivity index (χ2v) is 11.5. The molecule has 1 amide bonds. The van der Waals surface area contributed by atoms with Crippen LogP contribution < -0.4 is 4.74 Å². The Morgan fingerprint density at radius 2 is 1.78 bits per heavy atom. The summed E-state index contributed by atoms with van der Waals surface area (Å²) in [6.07, 6.45) is -0.253. The van der Waals surface area contributed by atoms with E-state index in [0.29, 0.717) is 45.3 Å². The van der Waals surface area contributed by atoms with E-state index in [0.717, 1.165) is 36.1 Å². The molecule has 1 atom stereocenters. The zero-order valence-electron chi connectivity index (χ0n) is 20.0. The lowest BCUT2D eigenvalue weighted by Crippen LogP contribution is -2.38. The Kier molecular flexibility index (Phi) is 7.30. The van der Waals surface area contributed by atoms with Crippen molar-refractivity contribution in [3.63, 3.8) is 0 Å². The van der Waals surface area contributed by atoms with E-state index in [9.17, 15) is 27.4 Å². The van der Waals surface area contributed by atoms with Gasteiger partial charge in [0.25, 0.3) is 5.91 Å². The molecule has 6 nitrogen and oxygen atoms in total. The zero-order valence-corrected chi connectivity index (χ0v) is 20.9. The monoisotopic (exact) mass is 540 g/mol. The van der Waals surface area contributed by atoms with Crippen LogP contribution in [0.2, 0.25) is 0 Å². The highest BCUT2D eigenvalue weighted by molar-refractivity contribution is 7.84. The van der Waals surface area contributed by atoms with Crippen molar-refractivity contribution in [3.8, 4) is 5.75 Å². The first-order valence-electron chi connectivity index (χ1n) is 12.4. The molecule has 2 aromatic rings. The minimum absolute atomic E-state index is 0.154. The third-order valence-electron chi connectivity index (χ3n) is 7.02. The SMILES string of the molecule is O=C(c1cc(C2CC2)c(CN2CCC(Oc3cccc(C(F)(F)F)c3)CC2)cc1F)N(O)S(=O)C1CC1. The molecule has 1 aliphatic heterocycles. The average molecular weight is 541 g/mol. The second-order valence-electron chi connectivity index (χ2n) is 9.98. The average Bonchev–Trinajstić information content (AvgIpc) is 3.77. The molecular formula is C26H28F4N2O4S. The van der Waals surface area contributed by atoms with Crippen LogP contribution in [0.5, 0.6) is 5.75 Å². The van der Waals surface area contributed by atoms with Crippen LogP contribution in [-0.4, -0.2) is 49.1 Å². The number of carbonyl (C=O) groups excluding carboxylic acids is 1. The van der Waals surface area contributed by atoms with E-state index in [1.165, 1.54) is 24.3 Å². The smallest absolute Gasteiger partial charge is 0.416 e. The third-order valence-corrected chi connectivity index (χ3v) is 8.57. The Morgan fingerprint density at radius 3 is 2.41 bits per heavy atom. The Hall–Kier alpha value is -2.50. The van der Waals surface area contributed by atoms with Gasteiger partial charge in [0.15, 0.2) is 0 Å². The zero-order chi connectivity index (χ0) is 26.3. The molecule has 200 valence electrons. The maximum absolute atomic E-state index is 15.0. The molecule has 2 saturated carbocycles. The van der Waals surface area contributed by atoms with Crippen LogP contribution in [0.4, 0.5) is 17.6 Å². The number of amides is 1. The molecule has 0 spiro atoms. The molecule has 2 aromatic carbocycles. The molecular weight excluding hydrogens is 512 g/mol. The number of carbonyl (C=O) groups is 1. The Labute approximate surface area is 214 Å². The van der Waals surface area contributed by atoms with Gasteiger partial charge in [0.2, 0.25) is 0 Å². The molecule has 1 unspecified atom stereocenters. The summed E-state index contributed by atoms with van der Waals surface area (Å²) in [5.41, 5.74) is 0.594. The van der Waals surface area contributed by atoms with E-state index in [1.807, 2.05) is 0 Å². The molecule has 1 heterocycles. The quantitative estimate of drug-likeness (QED) is 0.275. The number of piperidine rings is 1. The fraction of sp³-hybridized carbons (Fsp3) is 0.500. The fourth-order valence-electron chi connectivity index (χ4n) is 4.67. The Bertz CT molecular complexity index is 1190. The van der Waals surface area contributed by atoms with Crippen molar-refractivity contribution in [1.29, 1.82) is 0 Å². The number of halogens is 4. The first-order chi connectivity index (χ1) is 17.6. The molecule has 0 bridgehead atoms. The fourth-order valence-corrected chi connectivity index (χ4v) is 5.75. The van der Waals surface area contributed by atoms with Gasteiger partial charge in [-0.15, -0.1) is 4.47 Å². The van der Waals surface area contributed by atoms with Crippen LogP contribution in [0.25, 0.3) is 0 Å². The largest absolute Gasteiger partial charge is 0.490 e. The van der Waals surface area contributed by atoms with Gasteiger partial charge < -0.3 is 4.74 Å². The number of benzene rings is 2. The summed E-state index contributed by atoms with van der Waals surface area (Å²) in [4.78, 5) is 14.8. The van der Waals surface area contributed by atoms with Gasteiger partial charge in [-0.2, -0.15) is 13.2 Å². The number of likely N-dealkylation sites (tertiary alicyclic amines) is 1. The topological polar surface area (TPSA) is 70.1 Å². The van der Waals surface area contributed by atoms with E-state index >= 15 is 4.39 Å². The van der Waals surface area contributed by atoms with Gasteiger partial charge >= 0.3 is 6.18 Å². The Balaban J connectivity index is 1.23. The van der Waals surface area contributed by atoms with Crippen molar-refractivity contribution >= 4 is 16.9 Å². The lowest BCUT2D eigenvalue weighted by Gasteiger charge is -2.32. The number of ether oxygens (including phenoxy) is 1. The van der Waals surface area contributed by atoms with Gasteiger partial charge in [0, 0.05) is 19.6 Å². The third kappa shape index (κ3) is 6.15. The minimum atomic E-state index is -4.43. The van der Waals surface area contributed by atoms with Crippen molar-refractivity contribution in [2.45, 2.75) is 68.5 Å². The molecule has 11 heteroatoms. The number of hydroxylamine groups is 1. The number of nitrogens with zero attached hydrogens (tertiary/aromatic N) is 2. The standard InChI is InChI=1S/C26H28F4N2O4S/c27-24-12-17(22(16-4-5-16)14-23(24)25(33)32(34)37(35)21-6-7-21)15-31-10-8-19(9-11-31)36-20-3-1-2-18(13-20)26(28,29)30/h1-3,12-14,16,19,21,34H,4-11,15H2. The van der Waals surface area contributed by atoms with Crippen molar-refractivity contribution in [3.05, 3.63) is 64.5 Å². The van der Waals surface area contributed by atoms with Crippen LogP contribution in [0, 0.1) is 5.82 Å². The lowest BCUT2D eigenvalue weighted by molar-refractivity contribution is -0.137. The highest BCUT2D eigenvalue weighted by Crippen LogP contribution is 2.43. The van der Waals surface area contributed by atoms with E-state index in [1.54, 1.807) is 0 Å². The number of alkyl halides is 3. The molecule has 3 aliphatic rings. The summed E-state index contributed by atoms with van der Waals surface area (Å²) in [5.74, 6) is -1.36. The van der Waals surface area contributed by atoms with Gasteiger partial charge in [0.05, 0.1) is 16.4 Å². The predicted octanol–water partition coefficient (Wildman–Crippen LogP) is 5.42. The summed E-state index contributed by atoms with van der Waals surface area (Å²) >= 11 is 0. The molecule has 3 fully saturated rings. The van der Waals surface area contributed by atoms with Gasteiger partial charge in [0.1, 0.15) is 28.7 Å². The molecule has 0 aromatic heterocycles. The molecule has 5 rings (SSSR count). The molecule has 1 N–H and O–H groups in total. The van der Waals surface area contributed by atoms with E-state index < -0.39 is 34.4 Å². The van der Waals surface area contributed by atoms with Gasteiger partial charge in [-0.25, -0.2) is 8.60 Å². The summed E-state index contributed by atoms with van der Waals surface area (Å²) in [7, 11) is -1.88. The highest BCUT2D eigenvalue weighted by Gasteiger charge is 2.37. The molecule has 2 aliphatic carbocycles. The predicted molar refractivity (Wildman–Crippen MR) is 128 cm³/mol. The second kappa shape index (κ2) is 10.3. The Morgan fingerprint density at radius 1 is 1.08 bits per heavy atom. The minimum Gasteiger partial charge on any atom is -0.490 e. The van der Waals surface area contributed by atoms with E-state index in [-0.39, 0.29) is 33.1 Å². The summed E-state index contributed by atoms with van der Waals surface area (Å²) < 4.78 is 72.0. The van der Waals surface area contributed by atoms with Crippen LogP contribution >= 0.6 is 0 Å². The van der Waals surface area contributed by atoms with Crippen molar-refractivity contribution in [2.24, 2.45) is 0 Å². The van der Waals surface area contributed by atoms with Gasteiger partial charge in [-0.1, -0.05) is 6.07 Å². The first-order valence-corrected chi connectivity index (χ1v) is 13.6. The van der Waals surface area contributed by atoms with Crippen molar-refractivity contribution in [2.75, 3.05) is 13.1 Å². The van der Waals surface area contributed by atoms with Crippen LogP contribution in [0.15, 0.2) is 36.4 Å². The van der Waals surface area contributed by atoms with Crippen molar-refractivity contribution in [1.82, 2.24) is 9.37 Å². The van der Waals surface area contributed by atoms with Crippen LogP contribution in [0.1, 0.15) is 71.5 Å². The number of hydrogen-bond donors (Lipinski definition) is 1. The van der Waals surface area contributed by atoms with Gasteiger partial charge in [-0.05, 0) is 85.9 Å². The molecule has 1 saturated heterocycles. The lowest BCUT2D eigenvalue weighted by atomic mass is 9.97. The summed E-state index contributed by atoms with van der Waals surface area (Å²) in [5, 5.41) is 9.81. The maximum atomic E-state index is 15.0. The number of rotatable bonds is 8. The van der Waals surface area contributed by atoms with Gasteiger partial charge in [-0.3, -0.25) is 14.9 Å². The normalized spacial score (nSPS) is 20.0. The maximum Gasteiger partial charge on any atom is 0.416 e. The first kappa shape index (κ1) is 26.1. The van der Waals surface area contributed by atoms with E-state index in [4.69, 9.17) is 4.74 Å². The van der Waals surface area contributed by atoms with Crippen LogP contribution in [-0.2, 0) is 23.7 Å². The highest BCUT2D eigenvalue weighted by atomic mass is 32.2. The summed E-state index contributed by atoms with van der Waals surface area (Å²) in [6, 6.07) is 7.68. The number of hydrogen-bond acceptors (Lipinski definition) is 5. The molecule has 0 radical (unpaired) electrons. The van der Waals surface area contributed by atoms with Crippen LogP contribution in [0.3, 0.4) is 0 Å². The molecule has 37 heavy (non-hydrogen) atoms.